The van der Waals surface area contributed by atoms with Crippen LogP contribution in [0.2, 0.25) is 0 Å². The Bertz CT molecular complexity index is 446. The van der Waals surface area contributed by atoms with E-state index in [4.69, 9.17) is 5.11 Å². The van der Waals surface area contributed by atoms with Crippen molar-refractivity contribution in [2.45, 2.75) is 24.4 Å². The van der Waals surface area contributed by atoms with Gasteiger partial charge in [0.25, 0.3) is 0 Å². The van der Waals surface area contributed by atoms with Crippen LogP contribution in [0.3, 0.4) is 0 Å². The second-order valence-electron chi connectivity index (χ2n) is 3.95. The second-order valence-corrected chi connectivity index (χ2v) is 3.95. The van der Waals surface area contributed by atoms with E-state index in [2.05, 4.69) is 5.10 Å². The molecule has 0 atom stereocenters. The summed E-state index contributed by atoms with van der Waals surface area (Å²) >= 11 is 0. The van der Waals surface area contributed by atoms with Crippen LogP contribution in [0, 0.1) is 0 Å². The summed E-state index contributed by atoms with van der Waals surface area (Å²) in [6.45, 7) is 0. The molecule has 7 heteroatoms. The Morgan fingerprint density at radius 2 is 2.12 bits per heavy atom. The Kier molecular flexibility index (Phi) is 2.05. The van der Waals surface area contributed by atoms with Crippen LogP contribution in [-0.2, 0) is 23.4 Å². The minimum absolute atomic E-state index is 0.227. The number of alkyl halides is 3. The number of aryl methyl sites for hydroxylation is 1. The molecule has 1 heterocycles. The van der Waals surface area contributed by atoms with Crippen molar-refractivity contribution in [2.24, 2.45) is 7.05 Å². The van der Waals surface area contributed by atoms with Crippen LogP contribution in [0.1, 0.15) is 24.1 Å². The number of aliphatic carboxylic acids is 1. The van der Waals surface area contributed by atoms with Gasteiger partial charge in [0.1, 0.15) is 0 Å². The summed E-state index contributed by atoms with van der Waals surface area (Å²) in [7, 11) is 1.34. The normalized spacial score (nSPS) is 18.5. The summed E-state index contributed by atoms with van der Waals surface area (Å²) in [5.74, 6) is -1.22. The third-order valence-electron chi connectivity index (χ3n) is 2.77. The second kappa shape index (κ2) is 2.99. The van der Waals surface area contributed by atoms with Crippen LogP contribution < -0.4 is 0 Å². The summed E-state index contributed by atoms with van der Waals surface area (Å²) in [5, 5.41) is 12.3. The molecule has 1 aromatic heterocycles. The lowest BCUT2D eigenvalue weighted by molar-refractivity contribution is -0.144. The molecule has 0 spiro atoms. The summed E-state index contributed by atoms with van der Waals surface area (Å²) in [5.41, 5.74) is -2.69. The third kappa shape index (κ3) is 1.46. The molecule has 1 aliphatic carbocycles. The zero-order valence-corrected chi connectivity index (χ0v) is 8.38. The van der Waals surface area contributed by atoms with Gasteiger partial charge in [0.2, 0.25) is 0 Å². The number of nitrogens with zero attached hydrogens (tertiary/aromatic N) is 2. The molecule has 1 aromatic rings. The number of rotatable bonds is 2. The van der Waals surface area contributed by atoms with Crippen LogP contribution in [0.15, 0.2) is 6.20 Å². The Hall–Kier alpha value is -1.53. The lowest BCUT2D eigenvalue weighted by Gasteiger charge is -2.11. The Morgan fingerprint density at radius 3 is 2.50 bits per heavy atom. The molecule has 0 saturated heterocycles. The highest BCUT2D eigenvalue weighted by Crippen LogP contribution is 2.51. The van der Waals surface area contributed by atoms with E-state index in [1.54, 1.807) is 0 Å². The van der Waals surface area contributed by atoms with Crippen molar-refractivity contribution in [3.63, 3.8) is 0 Å². The molecular formula is C9H9F3N2O2. The molecule has 0 amide bonds. The van der Waals surface area contributed by atoms with E-state index >= 15 is 0 Å². The number of hydrogen-bond donors (Lipinski definition) is 1. The van der Waals surface area contributed by atoms with Gasteiger partial charge in [0.15, 0.2) is 5.69 Å². The van der Waals surface area contributed by atoms with Gasteiger partial charge in [-0.2, -0.15) is 18.3 Å². The van der Waals surface area contributed by atoms with Crippen LogP contribution in [0.5, 0.6) is 0 Å². The molecule has 1 aliphatic rings. The first kappa shape index (κ1) is 11.0. The highest BCUT2D eigenvalue weighted by atomic mass is 19.4. The van der Waals surface area contributed by atoms with E-state index in [1.807, 2.05) is 0 Å². The van der Waals surface area contributed by atoms with Crippen molar-refractivity contribution < 1.29 is 23.1 Å². The molecule has 0 unspecified atom stereocenters. The monoisotopic (exact) mass is 234 g/mol. The van der Waals surface area contributed by atoms with Gasteiger partial charge in [-0.15, -0.1) is 0 Å². The zero-order chi connectivity index (χ0) is 12.1. The molecule has 88 valence electrons. The first-order valence-corrected chi connectivity index (χ1v) is 4.62. The van der Waals surface area contributed by atoms with Gasteiger partial charge in [0.05, 0.1) is 5.41 Å². The first-order chi connectivity index (χ1) is 7.27. The van der Waals surface area contributed by atoms with Crippen LogP contribution in [-0.4, -0.2) is 20.9 Å². The molecular weight excluding hydrogens is 225 g/mol. The maximum atomic E-state index is 12.6. The number of aromatic nitrogens is 2. The maximum Gasteiger partial charge on any atom is 0.435 e. The quantitative estimate of drug-likeness (QED) is 0.844. The molecule has 0 aliphatic heterocycles. The van der Waals surface area contributed by atoms with E-state index in [-0.39, 0.29) is 18.4 Å². The molecule has 0 aromatic carbocycles. The minimum Gasteiger partial charge on any atom is -0.481 e. The van der Waals surface area contributed by atoms with Gasteiger partial charge in [-0.25, -0.2) is 0 Å². The Balaban J connectivity index is 2.54. The van der Waals surface area contributed by atoms with Crippen LogP contribution in [0.4, 0.5) is 13.2 Å². The number of carbonyl (C=O) groups is 1. The van der Waals surface area contributed by atoms with E-state index < -0.39 is 23.3 Å². The SMILES string of the molecule is Cn1cc(C2(C(=O)O)CC2)c(C(F)(F)F)n1. The Morgan fingerprint density at radius 1 is 1.56 bits per heavy atom. The summed E-state index contributed by atoms with van der Waals surface area (Å²) < 4.78 is 38.8. The standard InChI is InChI=1S/C9H9F3N2O2/c1-14-4-5(6(13-14)9(10,11)12)8(2-3-8)7(15)16/h4H,2-3H2,1H3,(H,15,16). The van der Waals surface area contributed by atoms with Crippen LogP contribution >= 0.6 is 0 Å². The number of hydrogen-bond acceptors (Lipinski definition) is 2. The molecule has 16 heavy (non-hydrogen) atoms. The number of halogens is 3. The minimum atomic E-state index is -4.61. The highest BCUT2D eigenvalue weighted by molar-refractivity contribution is 5.85. The molecule has 0 radical (unpaired) electrons. The lowest BCUT2D eigenvalue weighted by Crippen LogP contribution is -2.23. The van der Waals surface area contributed by atoms with Crippen molar-refractivity contribution in [1.82, 2.24) is 9.78 Å². The van der Waals surface area contributed by atoms with Crippen molar-refractivity contribution in [3.05, 3.63) is 17.5 Å². The van der Waals surface area contributed by atoms with Crippen molar-refractivity contribution in [3.8, 4) is 0 Å². The first-order valence-electron chi connectivity index (χ1n) is 4.62. The summed E-state index contributed by atoms with van der Waals surface area (Å²) in [6.07, 6.45) is -3.00. The molecule has 1 saturated carbocycles. The van der Waals surface area contributed by atoms with Gasteiger partial charge in [-0.05, 0) is 12.8 Å². The molecule has 4 nitrogen and oxygen atoms in total. The summed E-state index contributed by atoms with van der Waals surface area (Å²) in [6, 6.07) is 0. The molecule has 2 rings (SSSR count). The predicted octanol–water partition coefficient (Wildman–Crippen LogP) is 1.56. The third-order valence-corrected chi connectivity index (χ3v) is 2.77. The van der Waals surface area contributed by atoms with E-state index in [0.29, 0.717) is 0 Å². The van der Waals surface area contributed by atoms with Gasteiger partial charge >= 0.3 is 12.1 Å². The van der Waals surface area contributed by atoms with Gasteiger partial charge < -0.3 is 5.11 Å². The number of carboxylic acid groups (broad SMARTS) is 1. The molecule has 1 N–H and O–H groups in total. The largest absolute Gasteiger partial charge is 0.481 e. The van der Waals surface area contributed by atoms with Crippen LogP contribution in [0.25, 0.3) is 0 Å². The number of carboxylic acids is 1. The van der Waals surface area contributed by atoms with Crippen molar-refractivity contribution in [2.75, 3.05) is 0 Å². The average Bonchev–Trinajstić information content (AvgIpc) is 2.83. The Labute approximate surface area is 88.7 Å². The van der Waals surface area contributed by atoms with Gasteiger partial charge in [-0.3, -0.25) is 9.48 Å². The van der Waals surface area contributed by atoms with E-state index in [1.165, 1.54) is 7.05 Å². The van der Waals surface area contributed by atoms with E-state index in [9.17, 15) is 18.0 Å². The highest BCUT2D eigenvalue weighted by Gasteiger charge is 2.56. The van der Waals surface area contributed by atoms with Gasteiger partial charge in [-0.1, -0.05) is 0 Å². The lowest BCUT2D eigenvalue weighted by atomic mass is 9.96. The maximum absolute atomic E-state index is 12.6. The smallest absolute Gasteiger partial charge is 0.435 e. The van der Waals surface area contributed by atoms with Crippen molar-refractivity contribution in [1.29, 1.82) is 0 Å². The summed E-state index contributed by atoms with van der Waals surface area (Å²) in [4.78, 5) is 11.0. The molecule has 0 bridgehead atoms. The predicted molar refractivity (Wildman–Crippen MR) is 46.8 cm³/mol. The zero-order valence-electron chi connectivity index (χ0n) is 8.38. The fourth-order valence-electron chi connectivity index (χ4n) is 1.77. The van der Waals surface area contributed by atoms with Crippen molar-refractivity contribution >= 4 is 5.97 Å². The van der Waals surface area contributed by atoms with E-state index in [0.717, 1.165) is 10.9 Å². The fourth-order valence-corrected chi connectivity index (χ4v) is 1.77. The molecule has 1 fully saturated rings. The fraction of sp³-hybridized carbons (Fsp3) is 0.556. The topological polar surface area (TPSA) is 55.1 Å². The average molecular weight is 234 g/mol. The van der Waals surface area contributed by atoms with Gasteiger partial charge in [0, 0.05) is 18.8 Å².